The third-order valence-electron chi connectivity index (χ3n) is 5.19. The molecule has 124 valence electrons. The second kappa shape index (κ2) is 8.73. The van der Waals surface area contributed by atoms with Crippen LogP contribution in [0.15, 0.2) is 60.7 Å². The van der Waals surface area contributed by atoms with Crippen LogP contribution in [0, 0.1) is 0 Å². The molecule has 0 saturated carbocycles. The molecule has 0 amide bonds. The fourth-order valence-electron chi connectivity index (χ4n) is 3.22. The second-order valence-corrected chi connectivity index (χ2v) is 6.26. The number of hydrogen-bond acceptors (Lipinski definition) is 1. The Kier molecular flexibility index (Phi) is 6.66. The van der Waals surface area contributed by atoms with Gasteiger partial charge >= 0.3 is 0 Å². The molecule has 0 heterocycles. The Morgan fingerprint density at radius 2 is 1.26 bits per heavy atom. The normalized spacial score (nSPS) is 11.4. The molecule has 2 rings (SSSR count). The average Bonchev–Trinajstić information content (AvgIpc) is 2.64. The van der Waals surface area contributed by atoms with Crippen LogP contribution in [-0.4, -0.2) is 37.2 Å². The maximum atomic E-state index is 2.52. The second-order valence-electron chi connectivity index (χ2n) is 6.26. The Labute approximate surface area is 142 Å². The van der Waals surface area contributed by atoms with Crippen molar-refractivity contribution in [3.63, 3.8) is 0 Å². The van der Waals surface area contributed by atoms with E-state index in [9.17, 15) is 0 Å². The van der Waals surface area contributed by atoms with Crippen molar-refractivity contribution in [3.05, 3.63) is 66.2 Å². The van der Waals surface area contributed by atoms with Gasteiger partial charge in [0, 0.05) is 12.2 Å². The van der Waals surface area contributed by atoms with Crippen molar-refractivity contribution < 1.29 is 4.48 Å². The fraction of sp³-hybridized carbons (Fsp3) is 0.429. The van der Waals surface area contributed by atoms with Crippen molar-refractivity contribution in [3.8, 4) is 0 Å². The van der Waals surface area contributed by atoms with Gasteiger partial charge in [-0.3, -0.25) is 0 Å². The summed E-state index contributed by atoms with van der Waals surface area (Å²) in [5.74, 6) is 0. The van der Waals surface area contributed by atoms with Gasteiger partial charge in [-0.05, 0) is 38.5 Å². The van der Waals surface area contributed by atoms with Gasteiger partial charge in [-0.15, -0.1) is 0 Å². The van der Waals surface area contributed by atoms with E-state index in [1.807, 2.05) is 0 Å². The molecule has 0 unspecified atom stereocenters. The van der Waals surface area contributed by atoms with Crippen LogP contribution < -0.4 is 4.90 Å². The molecule has 2 nitrogen and oxygen atoms in total. The van der Waals surface area contributed by atoms with Crippen molar-refractivity contribution in [2.75, 3.05) is 37.6 Å². The average molecular weight is 311 g/mol. The highest BCUT2D eigenvalue weighted by Gasteiger charge is 2.22. The molecule has 0 fully saturated rings. The molecule has 0 bridgehead atoms. The molecule has 0 aliphatic heterocycles. The first-order valence-corrected chi connectivity index (χ1v) is 8.92. The molecular weight excluding hydrogens is 280 g/mol. The third-order valence-corrected chi connectivity index (χ3v) is 5.19. The van der Waals surface area contributed by atoms with E-state index in [-0.39, 0.29) is 0 Å². The zero-order valence-corrected chi connectivity index (χ0v) is 14.9. The van der Waals surface area contributed by atoms with E-state index in [0.717, 1.165) is 13.1 Å². The Morgan fingerprint density at radius 3 is 1.78 bits per heavy atom. The summed E-state index contributed by atoms with van der Waals surface area (Å²) >= 11 is 0. The SMILES string of the molecule is CC[N+](CC)(CC)CCN(Cc1ccccc1)c1ccccc1. The summed E-state index contributed by atoms with van der Waals surface area (Å²) in [6.07, 6.45) is 0. The summed E-state index contributed by atoms with van der Waals surface area (Å²) in [7, 11) is 0. The lowest BCUT2D eigenvalue weighted by Gasteiger charge is -2.38. The zero-order valence-electron chi connectivity index (χ0n) is 14.9. The first kappa shape index (κ1) is 17.6. The van der Waals surface area contributed by atoms with Gasteiger partial charge in [0.2, 0.25) is 0 Å². The highest BCUT2D eigenvalue weighted by molar-refractivity contribution is 5.46. The lowest BCUT2D eigenvalue weighted by Crippen LogP contribution is -2.51. The van der Waals surface area contributed by atoms with Gasteiger partial charge < -0.3 is 9.38 Å². The van der Waals surface area contributed by atoms with Gasteiger partial charge in [0.1, 0.15) is 0 Å². The van der Waals surface area contributed by atoms with Crippen LogP contribution in [0.2, 0.25) is 0 Å². The minimum absolute atomic E-state index is 0.974. The Morgan fingerprint density at radius 1 is 0.739 bits per heavy atom. The molecule has 0 saturated heterocycles. The molecule has 0 spiro atoms. The molecular formula is C21H31N2+. The topological polar surface area (TPSA) is 3.24 Å². The largest absolute Gasteiger partial charge is 0.362 e. The predicted molar refractivity (Wildman–Crippen MR) is 101 cm³/mol. The quantitative estimate of drug-likeness (QED) is 0.613. The fourth-order valence-corrected chi connectivity index (χ4v) is 3.22. The van der Waals surface area contributed by atoms with E-state index in [1.54, 1.807) is 0 Å². The van der Waals surface area contributed by atoms with Crippen molar-refractivity contribution in [1.29, 1.82) is 0 Å². The number of nitrogens with zero attached hydrogens (tertiary/aromatic N) is 2. The van der Waals surface area contributed by atoms with Gasteiger partial charge in [-0.2, -0.15) is 0 Å². The van der Waals surface area contributed by atoms with E-state index in [0.29, 0.717) is 0 Å². The van der Waals surface area contributed by atoms with E-state index < -0.39 is 0 Å². The van der Waals surface area contributed by atoms with Crippen LogP contribution in [0.1, 0.15) is 26.3 Å². The van der Waals surface area contributed by atoms with E-state index in [2.05, 4.69) is 86.3 Å². The van der Waals surface area contributed by atoms with Gasteiger partial charge in [-0.1, -0.05) is 48.5 Å². The monoisotopic (exact) mass is 311 g/mol. The molecule has 0 atom stereocenters. The molecule has 2 heteroatoms. The van der Waals surface area contributed by atoms with Crippen molar-refractivity contribution >= 4 is 5.69 Å². The van der Waals surface area contributed by atoms with Gasteiger partial charge in [0.25, 0.3) is 0 Å². The van der Waals surface area contributed by atoms with Crippen LogP contribution in [0.5, 0.6) is 0 Å². The first-order valence-electron chi connectivity index (χ1n) is 8.92. The number of rotatable bonds is 9. The van der Waals surface area contributed by atoms with Crippen LogP contribution in [-0.2, 0) is 6.54 Å². The molecule has 2 aromatic rings. The number of para-hydroxylation sites is 1. The minimum Gasteiger partial charge on any atom is -0.362 e. The molecule has 0 aliphatic rings. The summed E-state index contributed by atoms with van der Waals surface area (Å²) in [6, 6.07) is 21.6. The predicted octanol–water partition coefficient (Wildman–Crippen LogP) is 4.57. The Balaban J connectivity index is 2.14. The summed E-state index contributed by atoms with van der Waals surface area (Å²) in [5.41, 5.74) is 2.69. The highest BCUT2D eigenvalue weighted by atomic mass is 15.4. The number of hydrogen-bond donors (Lipinski definition) is 0. The standard InChI is InChI=1S/C21H31N2/c1-4-23(5-2,6-3)18-17-22(21-15-11-8-12-16-21)19-20-13-9-7-10-14-20/h7-16H,4-6,17-19H2,1-3H3/q+1. The summed E-state index contributed by atoms with van der Waals surface area (Å²) < 4.78 is 1.19. The van der Waals surface area contributed by atoms with E-state index in [4.69, 9.17) is 0 Å². The van der Waals surface area contributed by atoms with Crippen LogP contribution in [0.3, 0.4) is 0 Å². The summed E-state index contributed by atoms with van der Waals surface area (Å²) in [6.45, 7) is 13.8. The number of quaternary nitrogens is 1. The van der Waals surface area contributed by atoms with E-state index >= 15 is 0 Å². The van der Waals surface area contributed by atoms with Crippen molar-refractivity contribution in [2.24, 2.45) is 0 Å². The lowest BCUT2D eigenvalue weighted by atomic mass is 10.2. The minimum atomic E-state index is 0.974. The molecule has 0 N–H and O–H groups in total. The van der Waals surface area contributed by atoms with Crippen LogP contribution in [0.4, 0.5) is 5.69 Å². The maximum Gasteiger partial charge on any atom is 0.0964 e. The van der Waals surface area contributed by atoms with Crippen LogP contribution >= 0.6 is 0 Å². The third kappa shape index (κ3) is 4.84. The number of likely N-dealkylation sites (N-methyl/N-ethyl adjacent to an activating group) is 1. The maximum absolute atomic E-state index is 2.52. The Hall–Kier alpha value is -1.80. The lowest BCUT2D eigenvalue weighted by molar-refractivity contribution is -0.921. The van der Waals surface area contributed by atoms with Gasteiger partial charge in [-0.25, -0.2) is 0 Å². The van der Waals surface area contributed by atoms with Crippen molar-refractivity contribution in [2.45, 2.75) is 27.3 Å². The smallest absolute Gasteiger partial charge is 0.0964 e. The molecule has 0 aliphatic carbocycles. The number of anilines is 1. The molecule has 0 aromatic heterocycles. The summed E-state index contributed by atoms with van der Waals surface area (Å²) in [4.78, 5) is 2.52. The Bertz CT molecular complexity index is 538. The highest BCUT2D eigenvalue weighted by Crippen LogP contribution is 2.18. The van der Waals surface area contributed by atoms with Crippen LogP contribution in [0.25, 0.3) is 0 Å². The molecule has 0 radical (unpaired) electrons. The van der Waals surface area contributed by atoms with Crippen molar-refractivity contribution in [1.82, 2.24) is 0 Å². The summed E-state index contributed by atoms with van der Waals surface area (Å²) in [5, 5.41) is 0. The van der Waals surface area contributed by atoms with Gasteiger partial charge in [0.05, 0.1) is 32.7 Å². The number of benzene rings is 2. The molecule has 2 aromatic carbocycles. The van der Waals surface area contributed by atoms with Gasteiger partial charge in [0.15, 0.2) is 0 Å². The first-order chi connectivity index (χ1) is 11.2. The van der Waals surface area contributed by atoms with E-state index in [1.165, 1.54) is 41.9 Å². The molecule has 23 heavy (non-hydrogen) atoms. The zero-order chi connectivity index (χ0) is 16.5.